The maximum Gasteiger partial charge on any atom is 0.142 e. The average Bonchev–Trinajstić information content (AvgIpc) is 2.86. The van der Waals surface area contributed by atoms with Gasteiger partial charge in [0.1, 0.15) is 23.3 Å². The summed E-state index contributed by atoms with van der Waals surface area (Å²) in [6.07, 6.45) is 13.2. The van der Waals surface area contributed by atoms with Crippen LogP contribution in [-0.4, -0.2) is 0 Å². The Morgan fingerprint density at radius 3 is 2.06 bits per heavy atom. The monoisotopic (exact) mass is 494 g/mol. The van der Waals surface area contributed by atoms with E-state index in [-0.39, 0.29) is 29.0 Å². The van der Waals surface area contributed by atoms with Crippen LogP contribution in [0.25, 0.3) is 0 Å². The molecule has 4 atom stereocenters. The van der Waals surface area contributed by atoms with Gasteiger partial charge in [-0.25, -0.2) is 17.6 Å². The number of hydrogen-bond donors (Lipinski definition) is 0. The van der Waals surface area contributed by atoms with Crippen LogP contribution in [-0.2, 0) is 6.42 Å². The van der Waals surface area contributed by atoms with Crippen LogP contribution in [0, 0.1) is 52.9 Å². The van der Waals surface area contributed by atoms with Gasteiger partial charge in [0, 0.05) is 11.1 Å². The SMILES string of the molecule is C=CCCc1c(F)cc(C#Cc2c(F)cc(C3CCC4CC(CCC=C)CCC4C3)cc2F)cc1F. The number of hydrogen-bond acceptors (Lipinski definition) is 0. The lowest BCUT2D eigenvalue weighted by molar-refractivity contribution is 0.115. The van der Waals surface area contributed by atoms with Crippen LogP contribution >= 0.6 is 0 Å². The van der Waals surface area contributed by atoms with Gasteiger partial charge in [-0.15, -0.1) is 13.2 Å². The van der Waals surface area contributed by atoms with Crippen molar-refractivity contribution in [3.05, 3.63) is 95.1 Å². The number of halogens is 4. The molecule has 2 fully saturated rings. The Bertz CT molecular complexity index is 1120. The predicted molar refractivity (Wildman–Crippen MR) is 138 cm³/mol. The van der Waals surface area contributed by atoms with Gasteiger partial charge >= 0.3 is 0 Å². The zero-order valence-corrected chi connectivity index (χ0v) is 20.8. The molecule has 0 spiro atoms. The molecule has 36 heavy (non-hydrogen) atoms. The molecule has 0 nitrogen and oxygen atoms in total. The van der Waals surface area contributed by atoms with E-state index in [1.165, 1.54) is 37.8 Å². The third-order valence-electron chi connectivity index (χ3n) is 8.11. The minimum atomic E-state index is -0.726. The first-order valence-electron chi connectivity index (χ1n) is 13.1. The Labute approximate surface area is 212 Å². The molecule has 2 aromatic rings. The van der Waals surface area contributed by atoms with Crippen LogP contribution < -0.4 is 0 Å². The first kappa shape index (κ1) is 26.3. The average molecular weight is 495 g/mol. The van der Waals surface area contributed by atoms with E-state index < -0.39 is 23.3 Å². The van der Waals surface area contributed by atoms with Crippen LogP contribution in [0.3, 0.4) is 0 Å². The van der Waals surface area contributed by atoms with E-state index in [1.807, 2.05) is 6.08 Å². The summed E-state index contributed by atoms with van der Waals surface area (Å²) in [4.78, 5) is 0. The fourth-order valence-corrected chi connectivity index (χ4v) is 6.15. The molecule has 4 heteroatoms. The van der Waals surface area contributed by atoms with Crippen LogP contribution in [0.15, 0.2) is 49.6 Å². The summed E-state index contributed by atoms with van der Waals surface area (Å²) in [7, 11) is 0. The molecule has 0 heterocycles. The second kappa shape index (κ2) is 12.0. The van der Waals surface area contributed by atoms with Crippen molar-refractivity contribution in [1.29, 1.82) is 0 Å². The molecule has 4 unspecified atom stereocenters. The van der Waals surface area contributed by atoms with Crippen molar-refractivity contribution in [2.45, 2.75) is 70.1 Å². The first-order valence-corrected chi connectivity index (χ1v) is 13.1. The summed E-state index contributed by atoms with van der Waals surface area (Å²) in [5, 5.41) is 0. The molecule has 0 amide bonds. The molecule has 4 rings (SSSR count). The van der Waals surface area contributed by atoms with Crippen molar-refractivity contribution in [3.63, 3.8) is 0 Å². The Kier molecular flexibility index (Phi) is 8.72. The fourth-order valence-electron chi connectivity index (χ4n) is 6.15. The van der Waals surface area contributed by atoms with Gasteiger partial charge < -0.3 is 0 Å². The minimum absolute atomic E-state index is 0.0391. The first-order chi connectivity index (χ1) is 17.4. The smallest absolute Gasteiger partial charge is 0.142 e. The zero-order valence-electron chi connectivity index (χ0n) is 20.8. The van der Waals surface area contributed by atoms with Crippen molar-refractivity contribution in [3.8, 4) is 11.8 Å². The van der Waals surface area contributed by atoms with Crippen molar-refractivity contribution < 1.29 is 17.6 Å². The Morgan fingerprint density at radius 2 is 1.39 bits per heavy atom. The molecule has 0 aliphatic heterocycles. The summed E-state index contributed by atoms with van der Waals surface area (Å²) in [5.74, 6) is 4.35. The molecule has 0 saturated heterocycles. The standard InChI is InChI=1S/C32H34F4/c1-3-5-7-21-9-11-24-18-25(13-12-23(24)15-21)26-19-31(35)28(32(36)20-26)14-10-22-16-29(33)27(8-6-4-2)30(34)17-22/h3-4,16-17,19-21,23-25H,1-2,5-9,11-13,15,18H2. The molecule has 2 aliphatic carbocycles. The van der Waals surface area contributed by atoms with Crippen LogP contribution in [0.2, 0.25) is 0 Å². The molecule has 0 radical (unpaired) electrons. The number of allylic oxidation sites excluding steroid dienone is 2. The van der Waals surface area contributed by atoms with E-state index in [0.29, 0.717) is 23.8 Å². The van der Waals surface area contributed by atoms with Gasteiger partial charge in [0.2, 0.25) is 0 Å². The molecular weight excluding hydrogens is 460 g/mol. The van der Waals surface area contributed by atoms with Gasteiger partial charge in [-0.3, -0.25) is 0 Å². The van der Waals surface area contributed by atoms with Crippen LogP contribution in [0.4, 0.5) is 17.6 Å². The third-order valence-corrected chi connectivity index (χ3v) is 8.11. The minimum Gasteiger partial charge on any atom is -0.207 e. The lowest BCUT2D eigenvalue weighted by Crippen LogP contribution is -2.30. The van der Waals surface area contributed by atoms with E-state index in [9.17, 15) is 17.6 Å². The third kappa shape index (κ3) is 6.12. The second-order valence-corrected chi connectivity index (χ2v) is 10.4. The van der Waals surface area contributed by atoms with Gasteiger partial charge in [0.05, 0.1) is 5.56 Å². The Morgan fingerprint density at radius 1 is 0.750 bits per heavy atom. The summed E-state index contributed by atoms with van der Waals surface area (Å²) < 4.78 is 58.4. The Hall–Kier alpha value is -2.80. The van der Waals surface area contributed by atoms with Gasteiger partial charge in [0.15, 0.2) is 0 Å². The number of fused-ring (bicyclic) bond motifs is 1. The summed E-state index contributed by atoms with van der Waals surface area (Å²) in [6, 6.07) is 4.99. The molecule has 0 aromatic heterocycles. The zero-order chi connectivity index (χ0) is 25.7. The van der Waals surface area contributed by atoms with E-state index in [0.717, 1.165) is 43.7 Å². The summed E-state index contributed by atoms with van der Waals surface area (Å²) in [5.41, 5.74) is 0.317. The highest BCUT2D eigenvalue weighted by Gasteiger charge is 2.36. The fraction of sp³-hybridized carbons (Fsp3) is 0.438. The molecule has 0 N–H and O–H groups in total. The highest BCUT2D eigenvalue weighted by Crippen LogP contribution is 2.48. The van der Waals surface area contributed by atoms with Crippen LogP contribution in [0.1, 0.15) is 86.0 Å². The van der Waals surface area contributed by atoms with Crippen molar-refractivity contribution in [2.75, 3.05) is 0 Å². The van der Waals surface area contributed by atoms with Gasteiger partial charge in [-0.05, 0) is 111 Å². The predicted octanol–water partition coefficient (Wildman–Crippen LogP) is 9.03. The van der Waals surface area contributed by atoms with Crippen molar-refractivity contribution >= 4 is 0 Å². The normalized spacial score (nSPS) is 23.3. The van der Waals surface area contributed by atoms with Crippen LogP contribution in [0.5, 0.6) is 0 Å². The Balaban J connectivity index is 1.46. The lowest BCUT2D eigenvalue weighted by atomic mass is 9.63. The quantitative estimate of drug-likeness (QED) is 0.205. The van der Waals surface area contributed by atoms with Crippen molar-refractivity contribution in [2.24, 2.45) is 17.8 Å². The maximum atomic E-state index is 14.9. The van der Waals surface area contributed by atoms with E-state index in [4.69, 9.17) is 0 Å². The maximum absolute atomic E-state index is 14.9. The number of rotatable bonds is 7. The van der Waals surface area contributed by atoms with Gasteiger partial charge in [0.25, 0.3) is 0 Å². The van der Waals surface area contributed by atoms with E-state index in [2.05, 4.69) is 25.0 Å². The topological polar surface area (TPSA) is 0 Å². The van der Waals surface area contributed by atoms with Gasteiger partial charge in [-0.2, -0.15) is 0 Å². The van der Waals surface area contributed by atoms with E-state index in [1.54, 1.807) is 6.08 Å². The van der Waals surface area contributed by atoms with E-state index >= 15 is 0 Å². The summed E-state index contributed by atoms with van der Waals surface area (Å²) in [6.45, 7) is 7.39. The molecule has 190 valence electrons. The molecule has 0 bridgehead atoms. The molecule has 2 aromatic carbocycles. The largest absolute Gasteiger partial charge is 0.207 e. The molecule has 2 aliphatic rings. The second-order valence-electron chi connectivity index (χ2n) is 10.4. The van der Waals surface area contributed by atoms with Crippen molar-refractivity contribution in [1.82, 2.24) is 0 Å². The lowest BCUT2D eigenvalue weighted by Gasteiger charge is -2.42. The molecule has 2 saturated carbocycles. The number of benzene rings is 2. The summed E-state index contributed by atoms with van der Waals surface area (Å²) >= 11 is 0. The highest BCUT2D eigenvalue weighted by atomic mass is 19.1. The van der Waals surface area contributed by atoms with Gasteiger partial charge in [-0.1, -0.05) is 30.4 Å². The highest BCUT2D eigenvalue weighted by molar-refractivity contribution is 5.46. The molecular formula is C32H34F4.